The number of benzene rings is 1. The third-order valence-electron chi connectivity index (χ3n) is 2.89. The first-order valence-corrected chi connectivity index (χ1v) is 6.67. The molecule has 18 heavy (non-hydrogen) atoms. The average molecular weight is 248 g/mol. The lowest BCUT2D eigenvalue weighted by Crippen LogP contribution is -2.36. The molecule has 0 fully saturated rings. The molecule has 0 heterocycles. The first-order valence-electron chi connectivity index (χ1n) is 6.67. The maximum atomic E-state index is 12.2. The van der Waals surface area contributed by atoms with Gasteiger partial charge in [-0.05, 0) is 30.0 Å². The lowest BCUT2D eigenvalue weighted by atomic mass is 10.1. The summed E-state index contributed by atoms with van der Waals surface area (Å²) in [5, 5.41) is 0. The lowest BCUT2D eigenvalue weighted by molar-refractivity contribution is -0.119. The first kappa shape index (κ1) is 14.7. The summed E-state index contributed by atoms with van der Waals surface area (Å²) in [6.45, 7) is 7.30. The van der Waals surface area contributed by atoms with Crippen molar-refractivity contribution in [2.75, 3.05) is 18.0 Å². The van der Waals surface area contributed by atoms with Crippen molar-refractivity contribution in [3.8, 4) is 0 Å². The van der Waals surface area contributed by atoms with Crippen LogP contribution in [0, 0.1) is 5.92 Å². The smallest absolute Gasteiger partial charge is 0.227 e. The molecule has 0 bridgehead atoms. The van der Waals surface area contributed by atoms with Gasteiger partial charge in [0, 0.05) is 25.2 Å². The summed E-state index contributed by atoms with van der Waals surface area (Å²) in [4.78, 5) is 14.0. The highest BCUT2D eigenvalue weighted by Gasteiger charge is 2.15. The zero-order valence-corrected chi connectivity index (χ0v) is 11.6. The summed E-state index contributed by atoms with van der Waals surface area (Å²) >= 11 is 0. The van der Waals surface area contributed by atoms with Crippen LogP contribution in [0.4, 0.5) is 5.69 Å². The second-order valence-electron chi connectivity index (χ2n) is 4.95. The standard InChI is InChI=1S/C15H24N2O/c1-4-13-5-7-14(8-6-13)17(10-9-16)15(18)11-12(2)3/h5-8,12H,4,9-11,16H2,1-3H3. The molecule has 0 aliphatic heterocycles. The molecule has 0 aliphatic rings. The Balaban J connectivity index is 2.85. The SMILES string of the molecule is CCc1ccc(N(CCN)C(=O)CC(C)C)cc1. The fourth-order valence-corrected chi connectivity index (χ4v) is 1.90. The molecule has 0 unspecified atom stereocenters. The van der Waals surface area contributed by atoms with Crippen LogP contribution in [-0.4, -0.2) is 19.0 Å². The van der Waals surface area contributed by atoms with Gasteiger partial charge in [-0.3, -0.25) is 4.79 Å². The van der Waals surface area contributed by atoms with Crippen LogP contribution >= 0.6 is 0 Å². The van der Waals surface area contributed by atoms with Crippen molar-refractivity contribution in [3.05, 3.63) is 29.8 Å². The Morgan fingerprint density at radius 3 is 2.33 bits per heavy atom. The Labute approximate surface area is 110 Å². The van der Waals surface area contributed by atoms with Crippen molar-refractivity contribution in [2.45, 2.75) is 33.6 Å². The van der Waals surface area contributed by atoms with E-state index in [1.165, 1.54) is 5.56 Å². The predicted molar refractivity (Wildman–Crippen MR) is 76.7 cm³/mol. The molecule has 3 nitrogen and oxygen atoms in total. The predicted octanol–water partition coefficient (Wildman–Crippen LogP) is 2.59. The topological polar surface area (TPSA) is 46.3 Å². The summed E-state index contributed by atoms with van der Waals surface area (Å²) in [5.74, 6) is 0.521. The molecule has 1 aromatic rings. The van der Waals surface area contributed by atoms with E-state index in [1.807, 2.05) is 12.1 Å². The van der Waals surface area contributed by atoms with Gasteiger partial charge in [-0.2, -0.15) is 0 Å². The number of amides is 1. The van der Waals surface area contributed by atoms with Crippen LogP contribution in [-0.2, 0) is 11.2 Å². The van der Waals surface area contributed by atoms with Gasteiger partial charge in [0.25, 0.3) is 0 Å². The molecule has 0 aliphatic carbocycles. The van der Waals surface area contributed by atoms with E-state index in [-0.39, 0.29) is 5.91 Å². The van der Waals surface area contributed by atoms with E-state index < -0.39 is 0 Å². The number of nitrogens with zero attached hydrogens (tertiary/aromatic N) is 1. The van der Waals surface area contributed by atoms with Crippen molar-refractivity contribution in [3.63, 3.8) is 0 Å². The highest BCUT2D eigenvalue weighted by Crippen LogP contribution is 2.17. The number of rotatable bonds is 6. The average Bonchev–Trinajstić information content (AvgIpc) is 2.35. The van der Waals surface area contributed by atoms with Crippen molar-refractivity contribution in [2.24, 2.45) is 11.7 Å². The summed E-state index contributed by atoms with van der Waals surface area (Å²) < 4.78 is 0. The van der Waals surface area contributed by atoms with E-state index in [0.717, 1.165) is 12.1 Å². The molecule has 1 aromatic carbocycles. The number of anilines is 1. The largest absolute Gasteiger partial charge is 0.329 e. The lowest BCUT2D eigenvalue weighted by Gasteiger charge is -2.23. The first-order chi connectivity index (χ1) is 8.58. The number of hydrogen-bond acceptors (Lipinski definition) is 2. The molecular formula is C15H24N2O. The van der Waals surface area contributed by atoms with Crippen molar-refractivity contribution in [1.82, 2.24) is 0 Å². The fourth-order valence-electron chi connectivity index (χ4n) is 1.90. The minimum Gasteiger partial charge on any atom is -0.329 e. The Hall–Kier alpha value is -1.35. The molecular weight excluding hydrogens is 224 g/mol. The zero-order chi connectivity index (χ0) is 13.5. The molecule has 0 atom stereocenters. The highest BCUT2D eigenvalue weighted by molar-refractivity contribution is 5.93. The Bertz CT molecular complexity index is 371. The zero-order valence-electron chi connectivity index (χ0n) is 11.6. The third-order valence-corrected chi connectivity index (χ3v) is 2.89. The van der Waals surface area contributed by atoms with Gasteiger partial charge in [-0.1, -0.05) is 32.9 Å². The molecule has 2 N–H and O–H groups in total. The van der Waals surface area contributed by atoms with Gasteiger partial charge < -0.3 is 10.6 Å². The van der Waals surface area contributed by atoms with Crippen molar-refractivity contribution < 1.29 is 4.79 Å². The summed E-state index contributed by atoms with van der Waals surface area (Å²) in [6.07, 6.45) is 1.58. The molecule has 0 radical (unpaired) electrons. The second-order valence-corrected chi connectivity index (χ2v) is 4.95. The van der Waals surface area contributed by atoms with Gasteiger partial charge >= 0.3 is 0 Å². The minimum atomic E-state index is 0.152. The number of carbonyl (C=O) groups is 1. The maximum absolute atomic E-state index is 12.2. The highest BCUT2D eigenvalue weighted by atomic mass is 16.2. The normalized spacial score (nSPS) is 10.7. The van der Waals surface area contributed by atoms with E-state index in [1.54, 1.807) is 4.90 Å². The van der Waals surface area contributed by atoms with E-state index in [0.29, 0.717) is 25.4 Å². The molecule has 0 aromatic heterocycles. The van der Waals surface area contributed by atoms with E-state index in [4.69, 9.17) is 5.73 Å². The van der Waals surface area contributed by atoms with E-state index >= 15 is 0 Å². The maximum Gasteiger partial charge on any atom is 0.227 e. The van der Waals surface area contributed by atoms with Crippen LogP contribution in [0.1, 0.15) is 32.8 Å². The van der Waals surface area contributed by atoms with Gasteiger partial charge in [0.2, 0.25) is 5.91 Å². The Kier molecular flexibility index (Phi) is 5.86. The van der Waals surface area contributed by atoms with Crippen LogP contribution in [0.2, 0.25) is 0 Å². The number of aryl methyl sites for hydroxylation is 1. The summed E-state index contributed by atoms with van der Waals surface area (Å²) in [6, 6.07) is 8.16. The van der Waals surface area contributed by atoms with Gasteiger partial charge in [-0.15, -0.1) is 0 Å². The fraction of sp³-hybridized carbons (Fsp3) is 0.533. The van der Waals surface area contributed by atoms with Crippen LogP contribution in [0.25, 0.3) is 0 Å². The molecule has 0 saturated carbocycles. The molecule has 1 rings (SSSR count). The monoisotopic (exact) mass is 248 g/mol. The quantitative estimate of drug-likeness (QED) is 0.841. The van der Waals surface area contributed by atoms with Gasteiger partial charge in [0.1, 0.15) is 0 Å². The van der Waals surface area contributed by atoms with E-state index in [2.05, 4.69) is 32.9 Å². The Morgan fingerprint density at radius 1 is 1.28 bits per heavy atom. The van der Waals surface area contributed by atoms with Crippen LogP contribution in [0.15, 0.2) is 24.3 Å². The molecule has 0 saturated heterocycles. The third kappa shape index (κ3) is 4.15. The molecule has 3 heteroatoms. The van der Waals surface area contributed by atoms with Crippen LogP contribution in [0.5, 0.6) is 0 Å². The van der Waals surface area contributed by atoms with Crippen LogP contribution < -0.4 is 10.6 Å². The summed E-state index contributed by atoms with van der Waals surface area (Å²) in [5.41, 5.74) is 7.83. The molecule has 100 valence electrons. The minimum absolute atomic E-state index is 0.152. The van der Waals surface area contributed by atoms with Crippen molar-refractivity contribution >= 4 is 11.6 Å². The summed E-state index contributed by atoms with van der Waals surface area (Å²) in [7, 11) is 0. The van der Waals surface area contributed by atoms with Gasteiger partial charge in [-0.25, -0.2) is 0 Å². The molecule has 0 spiro atoms. The van der Waals surface area contributed by atoms with Crippen LogP contribution in [0.3, 0.4) is 0 Å². The number of carbonyl (C=O) groups excluding carboxylic acids is 1. The second kappa shape index (κ2) is 7.17. The Morgan fingerprint density at radius 2 is 1.89 bits per heavy atom. The molecule has 1 amide bonds. The van der Waals surface area contributed by atoms with E-state index in [9.17, 15) is 4.79 Å². The number of hydrogen-bond donors (Lipinski definition) is 1. The van der Waals surface area contributed by atoms with Gasteiger partial charge in [0.05, 0.1) is 0 Å². The number of nitrogens with two attached hydrogens (primary N) is 1. The van der Waals surface area contributed by atoms with Gasteiger partial charge in [0.15, 0.2) is 0 Å². The van der Waals surface area contributed by atoms with Crippen molar-refractivity contribution in [1.29, 1.82) is 0 Å².